The first-order valence-corrected chi connectivity index (χ1v) is 7.15. The molecule has 1 aromatic carbocycles. The first-order valence-electron chi connectivity index (χ1n) is 7.15. The summed E-state index contributed by atoms with van der Waals surface area (Å²) in [4.78, 5) is 14.4. The Balaban J connectivity index is 2.05. The highest BCUT2D eigenvalue weighted by molar-refractivity contribution is 5.75. The largest absolute Gasteiger partial charge is 0.329 e. The highest BCUT2D eigenvalue weighted by Crippen LogP contribution is 2.22. The van der Waals surface area contributed by atoms with Crippen LogP contribution in [0, 0.1) is 0 Å². The van der Waals surface area contributed by atoms with Gasteiger partial charge in [-0.05, 0) is 45.6 Å². The number of benzene rings is 1. The number of nitrogens with one attached hydrogen (secondary N) is 1. The standard InChI is InChI=1S/C16H24N2O/c1-13-9-7-8-12-18(13)15(19)17-16(2,3)14-10-5-4-6-11-14/h4-6,10-11,13H,7-9,12H2,1-3H3,(H,17,19). The van der Waals surface area contributed by atoms with Crippen molar-refractivity contribution in [2.24, 2.45) is 0 Å². The third-order valence-corrected chi connectivity index (χ3v) is 3.98. The smallest absolute Gasteiger partial charge is 0.318 e. The summed E-state index contributed by atoms with van der Waals surface area (Å²) >= 11 is 0. The molecule has 104 valence electrons. The van der Waals surface area contributed by atoms with Gasteiger partial charge in [0.25, 0.3) is 0 Å². The maximum atomic E-state index is 12.4. The average molecular weight is 260 g/mol. The summed E-state index contributed by atoms with van der Waals surface area (Å²) in [6.45, 7) is 7.11. The zero-order valence-corrected chi connectivity index (χ0v) is 12.1. The van der Waals surface area contributed by atoms with Crippen molar-refractivity contribution in [2.45, 2.75) is 51.6 Å². The molecule has 0 spiro atoms. The van der Waals surface area contributed by atoms with Gasteiger partial charge in [0.2, 0.25) is 0 Å². The van der Waals surface area contributed by atoms with Gasteiger partial charge in [-0.1, -0.05) is 30.3 Å². The van der Waals surface area contributed by atoms with Crippen molar-refractivity contribution in [1.29, 1.82) is 0 Å². The molecule has 1 saturated heterocycles. The molecule has 1 heterocycles. The fraction of sp³-hybridized carbons (Fsp3) is 0.562. The van der Waals surface area contributed by atoms with Gasteiger partial charge < -0.3 is 10.2 Å². The summed E-state index contributed by atoms with van der Waals surface area (Å²) in [6.07, 6.45) is 3.45. The summed E-state index contributed by atoms with van der Waals surface area (Å²) in [5.74, 6) is 0. The number of carbonyl (C=O) groups excluding carboxylic acids is 1. The molecule has 2 rings (SSSR count). The number of urea groups is 1. The highest BCUT2D eigenvalue weighted by atomic mass is 16.2. The number of carbonyl (C=O) groups is 1. The molecule has 0 radical (unpaired) electrons. The zero-order chi connectivity index (χ0) is 13.9. The first-order chi connectivity index (χ1) is 9.00. The van der Waals surface area contributed by atoms with E-state index < -0.39 is 0 Å². The Morgan fingerprint density at radius 3 is 2.58 bits per heavy atom. The fourth-order valence-corrected chi connectivity index (χ4v) is 2.67. The second kappa shape index (κ2) is 5.64. The van der Waals surface area contributed by atoms with E-state index >= 15 is 0 Å². The molecule has 2 amide bonds. The maximum Gasteiger partial charge on any atom is 0.318 e. The topological polar surface area (TPSA) is 32.3 Å². The highest BCUT2D eigenvalue weighted by Gasteiger charge is 2.28. The van der Waals surface area contributed by atoms with E-state index in [-0.39, 0.29) is 11.6 Å². The van der Waals surface area contributed by atoms with Crippen molar-refractivity contribution in [2.75, 3.05) is 6.54 Å². The van der Waals surface area contributed by atoms with Crippen LogP contribution in [0.2, 0.25) is 0 Å². The Bertz CT molecular complexity index is 428. The Morgan fingerprint density at radius 2 is 1.95 bits per heavy atom. The molecule has 1 N–H and O–H groups in total. The number of likely N-dealkylation sites (tertiary alicyclic amines) is 1. The number of amides is 2. The monoisotopic (exact) mass is 260 g/mol. The molecule has 1 aromatic rings. The van der Waals surface area contributed by atoms with Gasteiger partial charge in [0.15, 0.2) is 0 Å². The molecule has 1 aliphatic heterocycles. The Kier molecular flexibility index (Phi) is 4.13. The lowest BCUT2D eigenvalue weighted by atomic mass is 9.94. The number of rotatable bonds is 2. The van der Waals surface area contributed by atoms with Crippen LogP contribution in [-0.4, -0.2) is 23.5 Å². The van der Waals surface area contributed by atoms with E-state index in [1.54, 1.807) is 0 Å². The van der Waals surface area contributed by atoms with Crippen molar-refractivity contribution in [3.05, 3.63) is 35.9 Å². The van der Waals surface area contributed by atoms with Crippen LogP contribution in [0.4, 0.5) is 4.79 Å². The van der Waals surface area contributed by atoms with Gasteiger partial charge in [-0.25, -0.2) is 4.79 Å². The van der Waals surface area contributed by atoms with Crippen molar-refractivity contribution >= 4 is 6.03 Å². The van der Waals surface area contributed by atoms with Crippen molar-refractivity contribution in [3.8, 4) is 0 Å². The molecule has 1 aliphatic rings. The zero-order valence-electron chi connectivity index (χ0n) is 12.1. The molecule has 19 heavy (non-hydrogen) atoms. The molecule has 3 heteroatoms. The minimum absolute atomic E-state index is 0.0565. The number of hydrogen-bond donors (Lipinski definition) is 1. The van der Waals surface area contributed by atoms with Crippen LogP contribution in [0.15, 0.2) is 30.3 Å². The lowest BCUT2D eigenvalue weighted by Gasteiger charge is -2.37. The van der Waals surface area contributed by atoms with Crippen LogP contribution < -0.4 is 5.32 Å². The molecule has 0 aromatic heterocycles. The van der Waals surface area contributed by atoms with E-state index in [0.29, 0.717) is 6.04 Å². The summed E-state index contributed by atoms with van der Waals surface area (Å²) < 4.78 is 0. The van der Waals surface area contributed by atoms with Crippen LogP contribution >= 0.6 is 0 Å². The molecular formula is C16H24N2O. The third kappa shape index (κ3) is 3.28. The number of nitrogens with zero attached hydrogens (tertiary/aromatic N) is 1. The van der Waals surface area contributed by atoms with Crippen LogP contribution in [0.3, 0.4) is 0 Å². The lowest BCUT2D eigenvalue weighted by Crippen LogP contribution is -2.52. The molecule has 3 nitrogen and oxygen atoms in total. The van der Waals surface area contributed by atoms with Crippen molar-refractivity contribution in [3.63, 3.8) is 0 Å². The minimum atomic E-state index is -0.338. The van der Waals surface area contributed by atoms with E-state index in [1.165, 1.54) is 6.42 Å². The van der Waals surface area contributed by atoms with Gasteiger partial charge in [0.05, 0.1) is 5.54 Å². The second-order valence-corrected chi connectivity index (χ2v) is 5.96. The van der Waals surface area contributed by atoms with E-state index in [2.05, 4.69) is 38.2 Å². The van der Waals surface area contributed by atoms with Gasteiger partial charge in [0.1, 0.15) is 0 Å². The SMILES string of the molecule is CC1CCCCN1C(=O)NC(C)(C)c1ccccc1. The predicted molar refractivity (Wildman–Crippen MR) is 78.0 cm³/mol. The summed E-state index contributed by atoms with van der Waals surface area (Å²) in [6, 6.07) is 10.5. The molecule has 1 unspecified atom stereocenters. The first kappa shape index (κ1) is 13.9. The van der Waals surface area contributed by atoms with Gasteiger partial charge in [-0.2, -0.15) is 0 Å². The van der Waals surface area contributed by atoms with Crippen molar-refractivity contribution < 1.29 is 4.79 Å². The van der Waals surface area contributed by atoms with E-state index in [4.69, 9.17) is 0 Å². The van der Waals surface area contributed by atoms with Crippen LogP contribution in [0.5, 0.6) is 0 Å². The van der Waals surface area contributed by atoms with E-state index in [9.17, 15) is 4.79 Å². The van der Waals surface area contributed by atoms with Crippen molar-refractivity contribution in [1.82, 2.24) is 10.2 Å². The van der Waals surface area contributed by atoms with Crippen LogP contribution in [0.1, 0.15) is 45.6 Å². The fourth-order valence-electron chi connectivity index (χ4n) is 2.67. The van der Waals surface area contributed by atoms with E-state index in [0.717, 1.165) is 24.9 Å². The van der Waals surface area contributed by atoms with E-state index in [1.807, 2.05) is 23.1 Å². The lowest BCUT2D eigenvalue weighted by molar-refractivity contribution is 0.149. The molecule has 1 atom stereocenters. The van der Waals surface area contributed by atoms with Gasteiger partial charge in [-0.15, -0.1) is 0 Å². The second-order valence-electron chi connectivity index (χ2n) is 5.96. The predicted octanol–water partition coefficient (Wildman–Crippen LogP) is 3.51. The van der Waals surface area contributed by atoms with Gasteiger partial charge >= 0.3 is 6.03 Å². The normalized spacial score (nSPS) is 20.2. The minimum Gasteiger partial charge on any atom is -0.329 e. The number of hydrogen-bond acceptors (Lipinski definition) is 1. The third-order valence-electron chi connectivity index (χ3n) is 3.98. The molecule has 0 aliphatic carbocycles. The van der Waals surface area contributed by atoms with Gasteiger partial charge in [0, 0.05) is 12.6 Å². The van der Waals surface area contributed by atoms with Gasteiger partial charge in [-0.3, -0.25) is 0 Å². The maximum absolute atomic E-state index is 12.4. The number of piperidine rings is 1. The molecule has 1 fully saturated rings. The summed E-state index contributed by atoms with van der Waals surface area (Å²) in [5.41, 5.74) is 0.795. The Hall–Kier alpha value is -1.51. The van der Waals surface area contributed by atoms with Crippen LogP contribution in [-0.2, 0) is 5.54 Å². The molecule has 0 saturated carbocycles. The summed E-state index contributed by atoms with van der Waals surface area (Å²) in [5, 5.41) is 3.16. The Morgan fingerprint density at radius 1 is 1.26 bits per heavy atom. The molecule has 0 bridgehead atoms. The Labute approximate surface area is 116 Å². The molecular weight excluding hydrogens is 236 g/mol. The quantitative estimate of drug-likeness (QED) is 0.867. The van der Waals surface area contributed by atoms with Crippen LogP contribution in [0.25, 0.3) is 0 Å². The summed E-state index contributed by atoms with van der Waals surface area (Å²) in [7, 11) is 0. The average Bonchev–Trinajstić information content (AvgIpc) is 2.39.